The topological polar surface area (TPSA) is 81.3 Å². The number of nitrogen functional groups attached to an aromatic ring is 1. The van der Waals surface area contributed by atoms with Gasteiger partial charge in [-0.15, -0.1) is 0 Å². The van der Waals surface area contributed by atoms with E-state index in [1.165, 1.54) is 6.33 Å². The lowest BCUT2D eigenvalue weighted by molar-refractivity contribution is -0.131. The Balaban J connectivity index is 1.71. The van der Waals surface area contributed by atoms with Crippen molar-refractivity contribution >= 4 is 11.7 Å². The number of nitrogens with two attached hydrogens (primary N) is 1. The van der Waals surface area contributed by atoms with E-state index in [1.54, 1.807) is 7.11 Å². The molecular weight excluding hydrogens is 280 g/mol. The van der Waals surface area contributed by atoms with Crippen LogP contribution < -0.4 is 10.5 Å². The molecule has 0 bridgehead atoms. The number of rotatable bonds is 3. The molecule has 114 valence electrons. The third kappa shape index (κ3) is 2.86. The van der Waals surface area contributed by atoms with Crippen LogP contribution in [-0.4, -0.2) is 34.4 Å². The Labute approximate surface area is 128 Å². The van der Waals surface area contributed by atoms with Gasteiger partial charge in [-0.3, -0.25) is 4.79 Å². The van der Waals surface area contributed by atoms with Crippen LogP contribution in [0, 0.1) is 0 Å². The Morgan fingerprint density at radius 2 is 2.27 bits per heavy atom. The average molecular weight is 298 g/mol. The Hall–Kier alpha value is -2.63. The van der Waals surface area contributed by atoms with E-state index in [1.807, 2.05) is 29.2 Å². The number of carbonyl (C=O) groups excluding carboxylic acids is 1. The predicted molar refractivity (Wildman–Crippen MR) is 82.3 cm³/mol. The van der Waals surface area contributed by atoms with Crippen LogP contribution in [0.15, 0.2) is 30.6 Å². The molecule has 6 nitrogen and oxygen atoms in total. The van der Waals surface area contributed by atoms with Gasteiger partial charge in [0, 0.05) is 12.1 Å². The summed E-state index contributed by atoms with van der Waals surface area (Å²) in [4.78, 5) is 22.5. The molecule has 2 N–H and O–H groups in total. The van der Waals surface area contributed by atoms with Crippen molar-refractivity contribution in [1.29, 1.82) is 0 Å². The van der Waals surface area contributed by atoms with Gasteiger partial charge >= 0.3 is 0 Å². The zero-order valence-electron chi connectivity index (χ0n) is 12.5. The molecule has 2 heterocycles. The molecule has 1 aliphatic rings. The van der Waals surface area contributed by atoms with Crippen molar-refractivity contribution in [2.24, 2.45) is 0 Å². The van der Waals surface area contributed by atoms with Crippen LogP contribution in [0.1, 0.15) is 16.8 Å². The number of carbonyl (C=O) groups is 1. The van der Waals surface area contributed by atoms with Gasteiger partial charge in [0.1, 0.15) is 17.9 Å². The van der Waals surface area contributed by atoms with Crippen LogP contribution >= 0.6 is 0 Å². The Morgan fingerprint density at radius 1 is 1.41 bits per heavy atom. The molecule has 6 heteroatoms. The number of anilines is 1. The number of hydrogen-bond acceptors (Lipinski definition) is 5. The lowest BCUT2D eigenvalue weighted by atomic mass is 10.0. The molecule has 0 saturated carbocycles. The largest absolute Gasteiger partial charge is 0.497 e. The number of ether oxygens (including phenoxy) is 1. The average Bonchev–Trinajstić information content (AvgIpc) is 2.55. The maximum absolute atomic E-state index is 12.5. The molecule has 0 saturated heterocycles. The molecule has 1 amide bonds. The van der Waals surface area contributed by atoms with Crippen molar-refractivity contribution in [3.05, 3.63) is 47.4 Å². The molecule has 2 aromatic rings. The van der Waals surface area contributed by atoms with Crippen molar-refractivity contribution in [3.63, 3.8) is 0 Å². The second-order valence-electron chi connectivity index (χ2n) is 5.28. The van der Waals surface area contributed by atoms with Crippen molar-refractivity contribution < 1.29 is 9.53 Å². The fraction of sp³-hybridized carbons (Fsp3) is 0.312. The van der Waals surface area contributed by atoms with Crippen LogP contribution in [-0.2, 0) is 24.2 Å². The van der Waals surface area contributed by atoms with E-state index in [2.05, 4.69) is 9.97 Å². The first kappa shape index (κ1) is 14.3. The Kier molecular flexibility index (Phi) is 3.91. The molecule has 0 aliphatic carbocycles. The summed E-state index contributed by atoms with van der Waals surface area (Å²) in [5.41, 5.74) is 8.60. The molecular formula is C16H18N4O2. The lowest BCUT2D eigenvalue weighted by Crippen LogP contribution is -2.37. The molecule has 22 heavy (non-hydrogen) atoms. The third-order valence-electron chi connectivity index (χ3n) is 3.88. The number of hydrogen-bond donors (Lipinski definition) is 1. The highest BCUT2D eigenvalue weighted by atomic mass is 16.5. The first-order valence-corrected chi connectivity index (χ1v) is 7.16. The number of benzene rings is 1. The quantitative estimate of drug-likeness (QED) is 0.920. The van der Waals surface area contributed by atoms with E-state index in [4.69, 9.17) is 10.5 Å². The monoisotopic (exact) mass is 298 g/mol. The Morgan fingerprint density at radius 3 is 3.09 bits per heavy atom. The molecule has 0 spiro atoms. The first-order chi connectivity index (χ1) is 10.7. The van der Waals surface area contributed by atoms with E-state index < -0.39 is 0 Å². The SMILES string of the molecule is COc1cccc(CC(=O)N2CCc3c(N)ncnc3C2)c1. The fourth-order valence-electron chi connectivity index (χ4n) is 2.66. The number of methoxy groups -OCH3 is 1. The highest BCUT2D eigenvalue weighted by Crippen LogP contribution is 2.21. The van der Waals surface area contributed by atoms with Crippen LogP contribution in [0.4, 0.5) is 5.82 Å². The minimum atomic E-state index is 0.0797. The van der Waals surface area contributed by atoms with Crippen LogP contribution in [0.2, 0.25) is 0 Å². The number of amides is 1. The second-order valence-corrected chi connectivity index (χ2v) is 5.28. The maximum atomic E-state index is 12.5. The summed E-state index contributed by atoms with van der Waals surface area (Å²) in [5.74, 6) is 1.36. The number of nitrogens with zero attached hydrogens (tertiary/aromatic N) is 3. The summed E-state index contributed by atoms with van der Waals surface area (Å²) in [6, 6.07) is 7.57. The molecule has 0 unspecified atom stereocenters. The van der Waals surface area contributed by atoms with Gasteiger partial charge in [0.2, 0.25) is 5.91 Å². The molecule has 1 aromatic heterocycles. The minimum Gasteiger partial charge on any atom is -0.497 e. The van der Waals surface area contributed by atoms with Crippen LogP contribution in [0.25, 0.3) is 0 Å². The van der Waals surface area contributed by atoms with Gasteiger partial charge in [-0.25, -0.2) is 9.97 Å². The third-order valence-corrected chi connectivity index (χ3v) is 3.88. The van der Waals surface area contributed by atoms with Crippen molar-refractivity contribution in [2.45, 2.75) is 19.4 Å². The Bertz CT molecular complexity index is 702. The fourth-order valence-corrected chi connectivity index (χ4v) is 2.66. The maximum Gasteiger partial charge on any atom is 0.227 e. The van der Waals surface area contributed by atoms with Gasteiger partial charge in [-0.1, -0.05) is 12.1 Å². The summed E-state index contributed by atoms with van der Waals surface area (Å²) < 4.78 is 5.19. The normalized spacial score (nSPS) is 13.6. The van der Waals surface area contributed by atoms with Crippen molar-refractivity contribution in [3.8, 4) is 5.75 Å². The van der Waals surface area contributed by atoms with Crippen LogP contribution in [0.5, 0.6) is 5.75 Å². The predicted octanol–water partition coefficient (Wildman–Crippen LogP) is 1.19. The summed E-state index contributed by atoms with van der Waals surface area (Å²) in [5, 5.41) is 0. The zero-order valence-corrected chi connectivity index (χ0v) is 12.5. The van der Waals surface area contributed by atoms with E-state index in [-0.39, 0.29) is 5.91 Å². The van der Waals surface area contributed by atoms with Gasteiger partial charge in [0.05, 0.1) is 25.8 Å². The molecule has 0 fully saturated rings. The smallest absolute Gasteiger partial charge is 0.227 e. The van der Waals surface area contributed by atoms with Gasteiger partial charge < -0.3 is 15.4 Å². The lowest BCUT2D eigenvalue weighted by Gasteiger charge is -2.28. The van der Waals surface area contributed by atoms with E-state index in [9.17, 15) is 4.79 Å². The van der Waals surface area contributed by atoms with E-state index >= 15 is 0 Å². The van der Waals surface area contributed by atoms with Gasteiger partial charge in [0.25, 0.3) is 0 Å². The standard InChI is InChI=1S/C16H18N4O2/c1-22-12-4-2-3-11(7-12)8-15(21)20-6-5-13-14(9-20)18-10-19-16(13)17/h2-4,7,10H,5-6,8-9H2,1H3,(H2,17,18,19). The molecule has 0 atom stereocenters. The highest BCUT2D eigenvalue weighted by molar-refractivity contribution is 5.79. The van der Waals surface area contributed by atoms with Crippen LogP contribution in [0.3, 0.4) is 0 Å². The van der Waals surface area contributed by atoms with Gasteiger partial charge in [-0.2, -0.15) is 0 Å². The van der Waals surface area contributed by atoms with Gasteiger partial charge in [-0.05, 0) is 24.1 Å². The number of aromatic nitrogens is 2. The summed E-state index contributed by atoms with van der Waals surface area (Å²) in [7, 11) is 1.62. The summed E-state index contributed by atoms with van der Waals surface area (Å²) >= 11 is 0. The molecule has 3 rings (SSSR count). The van der Waals surface area contributed by atoms with Crippen molar-refractivity contribution in [2.75, 3.05) is 19.4 Å². The second kappa shape index (κ2) is 6.01. The van der Waals surface area contributed by atoms with Gasteiger partial charge in [0.15, 0.2) is 0 Å². The van der Waals surface area contributed by atoms with E-state index in [0.717, 1.165) is 22.6 Å². The molecule has 0 radical (unpaired) electrons. The molecule has 1 aromatic carbocycles. The minimum absolute atomic E-state index is 0.0797. The summed E-state index contributed by atoms with van der Waals surface area (Å²) in [6.45, 7) is 1.14. The van der Waals surface area contributed by atoms with Crippen molar-refractivity contribution in [1.82, 2.24) is 14.9 Å². The molecule has 1 aliphatic heterocycles. The first-order valence-electron chi connectivity index (χ1n) is 7.16. The zero-order chi connectivity index (χ0) is 15.5. The highest BCUT2D eigenvalue weighted by Gasteiger charge is 2.23. The summed E-state index contributed by atoms with van der Waals surface area (Å²) in [6.07, 6.45) is 2.50. The number of fused-ring (bicyclic) bond motifs is 1. The van der Waals surface area contributed by atoms with E-state index in [0.29, 0.717) is 31.7 Å².